The average Bonchev–Trinajstić information content (AvgIpc) is 2.47. The topological polar surface area (TPSA) is 36.4 Å². The van der Waals surface area contributed by atoms with Crippen LogP contribution in [0.1, 0.15) is 32.3 Å². The van der Waals surface area contributed by atoms with Crippen molar-refractivity contribution in [1.29, 1.82) is 0 Å². The largest absolute Gasteiger partial charge is 0.385 e. The van der Waals surface area contributed by atoms with Crippen LogP contribution in [0.5, 0.6) is 0 Å². The third kappa shape index (κ3) is 2.32. The zero-order valence-corrected chi connectivity index (χ0v) is 12.2. The highest BCUT2D eigenvalue weighted by Crippen LogP contribution is 2.36. The Hall–Kier alpha value is -1.45. The highest BCUT2D eigenvalue weighted by atomic mass is 16.3. The Labute approximate surface area is 120 Å². The van der Waals surface area contributed by atoms with Gasteiger partial charge >= 0.3 is 0 Å². The maximum atomic E-state index is 11.1. The second-order valence-corrected chi connectivity index (χ2v) is 6.06. The molecule has 106 valence electrons. The van der Waals surface area contributed by atoms with Crippen molar-refractivity contribution in [3.63, 3.8) is 0 Å². The van der Waals surface area contributed by atoms with E-state index >= 15 is 0 Å². The summed E-state index contributed by atoms with van der Waals surface area (Å²) in [5.41, 5.74) is 0.319. The van der Waals surface area contributed by atoms with E-state index in [-0.39, 0.29) is 0 Å². The number of hydrogen-bond donors (Lipinski definition) is 1. The molecule has 3 nitrogen and oxygen atoms in total. The van der Waals surface area contributed by atoms with Crippen molar-refractivity contribution in [3.8, 4) is 0 Å². The number of aliphatic hydroxyl groups is 1. The van der Waals surface area contributed by atoms with E-state index in [0.29, 0.717) is 6.04 Å². The minimum absolute atomic E-state index is 0.550. The van der Waals surface area contributed by atoms with Crippen molar-refractivity contribution in [2.24, 2.45) is 0 Å². The predicted octanol–water partition coefficient (Wildman–Crippen LogP) is 2.93. The molecule has 2 aromatic rings. The number of rotatable bonds is 2. The van der Waals surface area contributed by atoms with Crippen LogP contribution in [0.4, 0.5) is 0 Å². The summed E-state index contributed by atoms with van der Waals surface area (Å²) in [6.07, 6.45) is 5.26. The standard InChI is InChI=1S/C17H22N2O/c1-13(2)19-10-7-17(20,8-11-19)16-5-3-4-14-6-9-18-12-15(14)16/h3-6,9,12-13,20H,7-8,10-11H2,1-2H3. The quantitative estimate of drug-likeness (QED) is 0.911. The summed E-state index contributed by atoms with van der Waals surface area (Å²) in [5.74, 6) is 0. The van der Waals surface area contributed by atoms with Gasteiger partial charge in [-0.1, -0.05) is 18.2 Å². The fraction of sp³-hybridized carbons (Fsp3) is 0.471. The first-order chi connectivity index (χ1) is 9.60. The summed E-state index contributed by atoms with van der Waals surface area (Å²) in [5, 5.41) is 13.3. The molecule has 1 aromatic carbocycles. The van der Waals surface area contributed by atoms with E-state index in [1.165, 1.54) is 0 Å². The van der Waals surface area contributed by atoms with Gasteiger partial charge in [0.2, 0.25) is 0 Å². The first-order valence-corrected chi connectivity index (χ1v) is 7.40. The zero-order valence-electron chi connectivity index (χ0n) is 12.2. The van der Waals surface area contributed by atoms with Gasteiger partial charge in [0.25, 0.3) is 0 Å². The van der Waals surface area contributed by atoms with Crippen LogP contribution in [0, 0.1) is 0 Å². The van der Waals surface area contributed by atoms with Crippen LogP contribution in [0.25, 0.3) is 10.8 Å². The lowest BCUT2D eigenvalue weighted by molar-refractivity contribution is -0.0312. The summed E-state index contributed by atoms with van der Waals surface area (Å²) < 4.78 is 0. The highest BCUT2D eigenvalue weighted by Gasteiger charge is 2.35. The van der Waals surface area contributed by atoms with Crippen LogP contribution in [0.3, 0.4) is 0 Å². The smallest absolute Gasteiger partial charge is 0.0927 e. The SMILES string of the molecule is CC(C)N1CCC(O)(c2cccc3ccncc23)CC1. The molecule has 1 aliphatic heterocycles. The maximum absolute atomic E-state index is 11.1. The van der Waals surface area contributed by atoms with Crippen LogP contribution in [0.2, 0.25) is 0 Å². The molecule has 1 aliphatic rings. The van der Waals surface area contributed by atoms with E-state index < -0.39 is 5.60 Å². The Morgan fingerprint density at radius 3 is 2.65 bits per heavy atom. The van der Waals surface area contributed by atoms with Crippen LogP contribution < -0.4 is 0 Å². The molecule has 2 heterocycles. The average molecular weight is 270 g/mol. The van der Waals surface area contributed by atoms with Crippen LogP contribution >= 0.6 is 0 Å². The molecule has 0 aliphatic carbocycles. The number of fused-ring (bicyclic) bond motifs is 1. The summed E-state index contributed by atoms with van der Waals surface area (Å²) in [4.78, 5) is 6.65. The van der Waals surface area contributed by atoms with Gasteiger partial charge in [0.05, 0.1) is 5.60 Å². The van der Waals surface area contributed by atoms with Gasteiger partial charge in [-0.3, -0.25) is 4.98 Å². The number of hydrogen-bond acceptors (Lipinski definition) is 3. The Balaban J connectivity index is 1.95. The fourth-order valence-electron chi connectivity index (χ4n) is 3.20. The first kappa shape index (κ1) is 13.5. The Morgan fingerprint density at radius 2 is 1.95 bits per heavy atom. The van der Waals surface area contributed by atoms with Gasteiger partial charge in [0, 0.05) is 36.9 Å². The van der Waals surface area contributed by atoms with Crippen molar-refractivity contribution in [3.05, 3.63) is 42.2 Å². The van der Waals surface area contributed by atoms with E-state index in [9.17, 15) is 5.11 Å². The predicted molar refractivity (Wildman–Crippen MR) is 81.6 cm³/mol. The van der Waals surface area contributed by atoms with E-state index in [4.69, 9.17) is 0 Å². The monoisotopic (exact) mass is 270 g/mol. The minimum atomic E-state index is -0.714. The molecular weight excluding hydrogens is 248 g/mol. The molecule has 0 radical (unpaired) electrons. The Kier molecular flexibility index (Phi) is 3.48. The summed E-state index contributed by atoms with van der Waals surface area (Å²) in [7, 11) is 0. The molecule has 1 aromatic heterocycles. The normalized spacial score (nSPS) is 19.6. The third-order valence-corrected chi connectivity index (χ3v) is 4.54. The number of likely N-dealkylation sites (tertiary alicyclic amines) is 1. The number of piperidine rings is 1. The lowest BCUT2D eigenvalue weighted by Crippen LogP contribution is -2.45. The van der Waals surface area contributed by atoms with Crippen LogP contribution in [0.15, 0.2) is 36.7 Å². The number of nitrogens with zero attached hydrogens (tertiary/aromatic N) is 2. The second-order valence-electron chi connectivity index (χ2n) is 6.06. The van der Waals surface area contributed by atoms with Crippen molar-refractivity contribution in [2.45, 2.75) is 38.3 Å². The number of aromatic nitrogens is 1. The molecule has 0 amide bonds. The minimum Gasteiger partial charge on any atom is -0.385 e. The lowest BCUT2D eigenvalue weighted by Gasteiger charge is -2.40. The molecule has 0 bridgehead atoms. The molecular formula is C17H22N2O. The Bertz CT molecular complexity index is 595. The molecule has 0 atom stereocenters. The fourth-order valence-corrected chi connectivity index (χ4v) is 3.20. The van der Waals surface area contributed by atoms with E-state index in [1.807, 2.05) is 18.3 Å². The number of benzene rings is 1. The summed E-state index contributed by atoms with van der Waals surface area (Å²) in [6, 6.07) is 8.71. The molecule has 3 rings (SSSR count). The van der Waals surface area contributed by atoms with E-state index in [1.54, 1.807) is 6.20 Å². The van der Waals surface area contributed by atoms with Crippen molar-refractivity contribution >= 4 is 10.8 Å². The third-order valence-electron chi connectivity index (χ3n) is 4.54. The number of pyridine rings is 1. The molecule has 0 spiro atoms. The van der Waals surface area contributed by atoms with Gasteiger partial charge in [0.15, 0.2) is 0 Å². The molecule has 3 heteroatoms. The van der Waals surface area contributed by atoms with Gasteiger partial charge < -0.3 is 10.0 Å². The molecule has 1 N–H and O–H groups in total. The van der Waals surface area contributed by atoms with Gasteiger partial charge in [-0.15, -0.1) is 0 Å². The van der Waals surface area contributed by atoms with Crippen molar-refractivity contribution < 1.29 is 5.11 Å². The molecule has 20 heavy (non-hydrogen) atoms. The van der Waals surface area contributed by atoms with Gasteiger partial charge in [-0.2, -0.15) is 0 Å². The first-order valence-electron chi connectivity index (χ1n) is 7.40. The molecule has 0 unspecified atom stereocenters. The van der Waals surface area contributed by atoms with Gasteiger partial charge in [-0.05, 0) is 43.7 Å². The van der Waals surface area contributed by atoms with Crippen LogP contribution in [-0.4, -0.2) is 34.1 Å². The summed E-state index contributed by atoms with van der Waals surface area (Å²) in [6.45, 7) is 6.33. The molecule has 0 saturated carbocycles. The van der Waals surface area contributed by atoms with Crippen molar-refractivity contribution in [1.82, 2.24) is 9.88 Å². The van der Waals surface area contributed by atoms with Gasteiger partial charge in [-0.25, -0.2) is 0 Å². The second kappa shape index (κ2) is 5.15. The highest BCUT2D eigenvalue weighted by molar-refractivity contribution is 5.85. The zero-order chi connectivity index (χ0) is 14.2. The van der Waals surface area contributed by atoms with Gasteiger partial charge in [0.1, 0.15) is 0 Å². The maximum Gasteiger partial charge on any atom is 0.0927 e. The summed E-state index contributed by atoms with van der Waals surface area (Å²) >= 11 is 0. The lowest BCUT2D eigenvalue weighted by atomic mass is 9.82. The molecule has 1 saturated heterocycles. The van der Waals surface area contributed by atoms with Crippen LogP contribution in [-0.2, 0) is 5.60 Å². The van der Waals surface area contributed by atoms with Crippen molar-refractivity contribution in [2.75, 3.05) is 13.1 Å². The molecule has 1 fully saturated rings. The Morgan fingerprint density at radius 1 is 1.20 bits per heavy atom. The van der Waals surface area contributed by atoms with E-state index in [0.717, 1.165) is 42.3 Å². The van der Waals surface area contributed by atoms with E-state index in [2.05, 4.69) is 35.9 Å².